The van der Waals surface area contributed by atoms with Crippen LogP contribution in [-0.4, -0.2) is 43.2 Å². The largest absolute Gasteiger partial charge is 0.460 e. The first-order valence-corrected chi connectivity index (χ1v) is 10.1. The summed E-state index contributed by atoms with van der Waals surface area (Å²) >= 11 is 5.37. The lowest BCUT2D eigenvalue weighted by atomic mass is 9.93. The third kappa shape index (κ3) is 3.44. The van der Waals surface area contributed by atoms with Gasteiger partial charge < -0.3 is 0 Å². The minimum absolute atomic E-state index is 0.170. The molecule has 152 valence electrons. The molecule has 0 aliphatic rings. The van der Waals surface area contributed by atoms with Crippen LogP contribution >= 0.6 is 11.1 Å². The number of hydrogen-bond donors (Lipinski definition) is 0. The van der Waals surface area contributed by atoms with Crippen molar-refractivity contribution >= 4 is 18.5 Å². The van der Waals surface area contributed by atoms with E-state index >= 15 is 0 Å². The van der Waals surface area contributed by atoms with Gasteiger partial charge in [-0.25, -0.2) is 0 Å². The molecule has 0 aliphatic heterocycles. The van der Waals surface area contributed by atoms with Crippen LogP contribution in [0.5, 0.6) is 0 Å². The Balaban J connectivity index is 6.40. The van der Waals surface area contributed by atoms with Gasteiger partial charge >= 0.3 is 35.8 Å². The number of alkyl halides is 13. The summed E-state index contributed by atoms with van der Waals surface area (Å²) in [5.74, 6) is -36.7. The fourth-order valence-electron chi connectivity index (χ4n) is 1.48. The van der Waals surface area contributed by atoms with Gasteiger partial charge in [-0.1, -0.05) is 20.0 Å². The van der Waals surface area contributed by atoms with Gasteiger partial charge in [0, 0.05) is 5.54 Å². The average molecular weight is 441 g/mol. The molecule has 0 spiro atoms. The molecule has 0 bridgehead atoms. The van der Waals surface area contributed by atoms with Crippen LogP contribution in [0.3, 0.4) is 0 Å². The predicted octanol–water partition coefficient (Wildman–Crippen LogP) is 6.56. The molecule has 0 saturated carbocycles. The van der Waals surface area contributed by atoms with Crippen LogP contribution in [0.25, 0.3) is 0 Å². The second-order valence-corrected chi connectivity index (χ2v) is 12.6. The van der Waals surface area contributed by atoms with E-state index in [1.165, 1.54) is 0 Å². The lowest BCUT2D eigenvalue weighted by Crippen LogP contribution is -2.71. The van der Waals surface area contributed by atoms with Crippen molar-refractivity contribution in [2.24, 2.45) is 0 Å². The molecule has 0 aromatic heterocycles. The van der Waals surface area contributed by atoms with Gasteiger partial charge in [0.2, 0.25) is 0 Å². The highest BCUT2D eigenvalue weighted by Gasteiger charge is 2.91. The second kappa shape index (κ2) is 6.06. The Bertz CT molecular complexity index is 490. The number of halogens is 14. The van der Waals surface area contributed by atoms with Crippen LogP contribution in [0, 0.1) is 0 Å². The molecule has 0 saturated heterocycles. The Labute approximate surface area is 138 Å². The summed E-state index contributed by atoms with van der Waals surface area (Å²) in [6.45, 7) is 1.62. The Morgan fingerprint density at radius 3 is 1.12 bits per heavy atom. The zero-order valence-corrected chi connectivity index (χ0v) is 14.1. The summed E-state index contributed by atoms with van der Waals surface area (Å²) in [5, 5.41) is 0. The maximum atomic E-state index is 13.7. The van der Waals surface area contributed by atoms with Crippen molar-refractivity contribution in [3.8, 4) is 0 Å². The summed E-state index contributed by atoms with van der Waals surface area (Å²) < 4.78 is 168. The van der Waals surface area contributed by atoms with E-state index in [1.807, 2.05) is 0 Å². The van der Waals surface area contributed by atoms with Crippen LogP contribution in [-0.2, 0) is 0 Å². The molecule has 1 atom stereocenters. The molecular weight excluding hydrogens is 431 g/mol. The Hall–Kier alpha value is -0.403. The molecule has 0 fully saturated rings. The lowest BCUT2D eigenvalue weighted by Gasteiger charge is -2.42. The Kier molecular flexibility index (Phi) is 5.96. The van der Waals surface area contributed by atoms with Gasteiger partial charge in [0.25, 0.3) is 0 Å². The van der Waals surface area contributed by atoms with Crippen LogP contribution < -0.4 is 0 Å². The van der Waals surface area contributed by atoms with Gasteiger partial charge in [0.15, 0.2) is 7.38 Å². The molecule has 25 heavy (non-hydrogen) atoms. The molecule has 0 N–H and O–H groups in total. The predicted molar refractivity (Wildman–Crippen MR) is 63.5 cm³/mol. The molecule has 0 aromatic carbocycles. The SMILES string of the molecule is CC(C(F)(F)C(F)(F)C(F)(F)C(F)(F)C(F)(F)C(F)(F)F)[Si](C)(C)Cl. The maximum Gasteiger partial charge on any atom is 0.460 e. The van der Waals surface area contributed by atoms with Crippen molar-refractivity contribution in [3.63, 3.8) is 0 Å². The smallest absolute Gasteiger partial charge is 0.200 e. The van der Waals surface area contributed by atoms with Crippen molar-refractivity contribution in [2.45, 2.75) is 61.3 Å². The van der Waals surface area contributed by atoms with Crippen molar-refractivity contribution in [1.29, 1.82) is 0 Å². The Morgan fingerprint density at radius 1 is 0.600 bits per heavy atom. The molecule has 0 aliphatic carbocycles. The van der Waals surface area contributed by atoms with Crippen LogP contribution in [0.15, 0.2) is 0 Å². The molecule has 0 nitrogen and oxygen atoms in total. The molecule has 0 radical (unpaired) electrons. The first-order valence-electron chi connectivity index (χ1n) is 6.05. The van der Waals surface area contributed by atoms with Gasteiger partial charge in [-0.3, -0.25) is 0 Å². The van der Waals surface area contributed by atoms with Crippen LogP contribution in [0.2, 0.25) is 18.6 Å². The first-order chi connectivity index (χ1) is 10.4. The molecule has 0 heterocycles. The zero-order valence-electron chi connectivity index (χ0n) is 12.4. The molecule has 1 unspecified atom stereocenters. The van der Waals surface area contributed by atoms with E-state index < -0.39 is 48.7 Å². The Morgan fingerprint density at radius 2 is 0.880 bits per heavy atom. The summed E-state index contributed by atoms with van der Waals surface area (Å²) in [6, 6.07) is 0. The molecule has 0 aromatic rings. The third-order valence-electron chi connectivity index (χ3n) is 3.53. The normalized spacial score (nSPS) is 17.6. The van der Waals surface area contributed by atoms with E-state index in [1.54, 1.807) is 0 Å². The van der Waals surface area contributed by atoms with Gasteiger partial charge in [0.05, 0.1) is 0 Å². The maximum absolute atomic E-state index is 13.7. The minimum Gasteiger partial charge on any atom is -0.200 e. The van der Waals surface area contributed by atoms with Gasteiger partial charge in [0.1, 0.15) is 0 Å². The van der Waals surface area contributed by atoms with Gasteiger partial charge in [-0.05, 0) is 0 Å². The highest BCUT2D eigenvalue weighted by molar-refractivity contribution is 7.19. The van der Waals surface area contributed by atoms with Crippen molar-refractivity contribution in [3.05, 3.63) is 0 Å². The molecule has 0 amide bonds. The highest BCUT2D eigenvalue weighted by atomic mass is 35.6. The van der Waals surface area contributed by atoms with Crippen molar-refractivity contribution < 1.29 is 57.1 Å². The van der Waals surface area contributed by atoms with Gasteiger partial charge in [-0.15, -0.1) is 0 Å². The fourth-order valence-corrected chi connectivity index (χ4v) is 2.94. The molecule has 15 heteroatoms. The first kappa shape index (κ1) is 24.6. The van der Waals surface area contributed by atoms with Crippen molar-refractivity contribution in [1.82, 2.24) is 0 Å². The minimum atomic E-state index is -7.87. The zero-order chi connectivity index (χ0) is 21.1. The average Bonchev–Trinajstić information content (AvgIpc) is 2.34. The van der Waals surface area contributed by atoms with E-state index in [0.717, 1.165) is 13.1 Å². The van der Waals surface area contributed by atoms with E-state index in [-0.39, 0.29) is 6.92 Å². The van der Waals surface area contributed by atoms with E-state index in [0.29, 0.717) is 0 Å². The van der Waals surface area contributed by atoms with Crippen molar-refractivity contribution in [2.75, 3.05) is 0 Å². The van der Waals surface area contributed by atoms with Gasteiger partial charge in [-0.2, -0.15) is 68.2 Å². The van der Waals surface area contributed by atoms with Crippen LogP contribution in [0.4, 0.5) is 57.1 Å². The standard InChI is InChI=1S/C10H10ClF13Si/c1-4(25(2,3)11)5(12,13)6(14,15)7(16,17)8(18,19)9(20,21)10(22,23)24/h4H,1-3H3. The molecule has 0 rings (SSSR count). The van der Waals surface area contributed by atoms with Crippen LogP contribution in [0.1, 0.15) is 6.92 Å². The summed E-state index contributed by atoms with van der Waals surface area (Å²) in [6.07, 6.45) is -7.41. The highest BCUT2D eigenvalue weighted by Crippen LogP contribution is 2.62. The summed E-state index contributed by atoms with van der Waals surface area (Å²) in [7, 11) is -3.97. The monoisotopic (exact) mass is 440 g/mol. The van der Waals surface area contributed by atoms with E-state index in [9.17, 15) is 57.1 Å². The fraction of sp³-hybridized carbons (Fsp3) is 1.00. The topological polar surface area (TPSA) is 0 Å². The molecular formula is C10H10ClF13Si. The lowest BCUT2D eigenvalue weighted by molar-refractivity contribution is -0.439. The summed E-state index contributed by atoms with van der Waals surface area (Å²) in [5.41, 5.74) is -2.89. The van der Waals surface area contributed by atoms with E-state index in [2.05, 4.69) is 0 Å². The number of rotatable bonds is 6. The third-order valence-corrected chi connectivity index (χ3v) is 6.94. The summed E-state index contributed by atoms with van der Waals surface area (Å²) in [4.78, 5) is 0. The number of hydrogen-bond acceptors (Lipinski definition) is 0. The van der Waals surface area contributed by atoms with E-state index in [4.69, 9.17) is 11.1 Å². The second-order valence-electron chi connectivity index (χ2n) is 5.70. The quantitative estimate of drug-likeness (QED) is 0.249.